The Bertz CT molecular complexity index is 586. The van der Waals surface area contributed by atoms with Crippen molar-refractivity contribution in [3.8, 4) is 23.3 Å². The van der Waals surface area contributed by atoms with Gasteiger partial charge >= 0.3 is 0 Å². The van der Waals surface area contributed by atoms with Crippen molar-refractivity contribution in [2.45, 2.75) is 6.92 Å². The van der Waals surface area contributed by atoms with Gasteiger partial charge in [0, 0.05) is 0 Å². The Morgan fingerprint density at radius 3 is 2.61 bits per heavy atom. The number of hydrogen-bond donors (Lipinski definition) is 0. The van der Waals surface area contributed by atoms with Crippen LogP contribution in [-0.4, -0.2) is 12.1 Å². The third-order valence-corrected chi connectivity index (χ3v) is 2.40. The number of pyridine rings is 1. The topological polar surface area (TPSA) is 55.1 Å². The zero-order valence-corrected chi connectivity index (χ0v) is 10.2. The molecule has 2 aromatic rings. The summed E-state index contributed by atoms with van der Waals surface area (Å²) < 4.78 is 10.9. The molecule has 4 heteroatoms. The van der Waals surface area contributed by atoms with E-state index in [0.29, 0.717) is 22.9 Å². The first-order valence-electron chi connectivity index (χ1n) is 5.41. The number of nitrogens with zero attached hydrogens (tertiary/aromatic N) is 2. The maximum Gasteiger partial charge on any atom is 0.169 e. The largest absolute Gasteiger partial charge is 0.493 e. The minimum atomic E-state index is 0.359. The molecule has 0 saturated carbocycles. The van der Waals surface area contributed by atoms with E-state index in [9.17, 15) is 0 Å². The Balaban J connectivity index is 2.25. The number of methoxy groups -OCH3 is 1. The molecule has 1 heterocycles. The highest BCUT2D eigenvalue weighted by molar-refractivity contribution is 5.45. The molecule has 0 atom stereocenters. The fourth-order valence-electron chi connectivity index (χ4n) is 1.49. The van der Waals surface area contributed by atoms with Crippen molar-refractivity contribution in [1.82, 2.24) is 4.98 Å². The average Bonchev–Trinajstić information content (AvgIpc) is 2.41. The standard InChI is InChI=1S/C14H12N2O2/c1-10-3-6-13(14(7-10)17-2)18-12-5-4-11(8-15)16-9-12/h3-7,9H,1-2H3. The quantitative estimate of drug-likeness (QED) is 0.827. The lowest BCUT2D eigenvalue weighted by atomic mass is 10.2. The van der Waals surface area contributed by atoms with Crippen molar-refractivity contribution in [3.05, 3.63) is 47.8 Å². The highest BCUT2D eigenvalue weighted by atomic mass is 16.5. The summed E-state index contributed by atoms with van der Waals surface area (Å²) in [6.07, 6.45) is 1.51. The molecule has 0 saturated heterocycles. The third kappa shape index (κ3) is 2.58. The molecule has 1 aromatic heterocycles. The molecule has 4 nitrogen and oxygen atoms in total. The van der Waals surface area contributed by atoms with Gasteiger partial charge in [0.2, 0.25) is 0 Å². The maximum absolute atomic E-state index is 8.66. The monoisotopic (exact) mass is 240 g/mol. The zero-order valence-electron chi connectivity index (χ0n) is 10.2. The number of hydrogen-bond acceptors (Lipinski definition) is 4. The third-order valence-electron chi connectivity index (χ3n) is 2.40. The molecule has 0 fully saturated rings. The lowest BCUT2D eigenvalue weighted by molar-refractivity contribution is 0.378. The van der Waals surface area contributed by atoms with E-state index in [4.69, 9.17) is 14.7 Å². The molecule has 0 radical (unpaired) electrons. The molecule has 0 aliphatic carbocycles. The van der Waals surface area contributed by atoms with Crippen LogP contribution in [0.1, 0.15) is 11.3 Å². The number of aryl methyl sites for hydroxylation is 1. The summed E-state index contributed by atoms with van der Waals surface area (Å²) in [6, 6.07) is 10.9. The van der Waals surface area contributed by atoms with Crippen molar-refractivity contribution in [2.75, 3.05) is 7.11 Å². The highest BCUT2D eigenvalue weighted by Crippen LogP contribution is 2.31. The van der Waals surface area contributed by atoms with Gasteiger partial charge in [0.1, 0.15) is 17.5 Å². The predicted molar refractivity (Wildman–Crippen MR) is 66.8 cm³/mol. The van der Waals surface area contributed by atoms with Crippen LogP contribution in [-0.2, 0) is 0 Å². The van der Waals surface area contributed by atoms with Gasteiger partial charge in [-0.05, 0) is 36.8 Å². The normalized spacial score (nSPS) is 9.61. The van der Waals surface area contributed by atoms with E-state index in [0.717, 1.165) is 5.56 Å². The van der Waals surface area contributed by atoms with Gasteiger partial charge in [-0.1, -0.05) is 6.07 Å². The predicted octanol–water partition coefficient (Wildman–Crippen LogP) is 3.06. The van der Waals surface area contributed by atoms with E-state index in [1.54, 1.807) is 19.2 Å². The molecule has 18 heavy (non-hydrogen) atoms. The van der Waals surface area contributed by atoms with Crippen LogP contribution < -0.4 is 9.47 Å². The van der Waals surface area contributed by atoms with E-state index in [1.165, 1.54) is 6.20 Å². The van der Waals surface area contributed by atoms with Crippen molar-refractivity contribution in [1.29, 1.82) is 5.26 Å². The Kier molecular flexibility index (Phi) is 3.44. The van der Waals surface area contributed by atoms with Crippen LogP contribution in [0, 0.1) is 18.3 Å². The number of rotatable bonds is 3. The van der Waals surface area contributed by atoms with Gasteiger partial charge in [-0.15, -0.1) is 0 Å². The molecule has 90 valence electrons. The second kappa shape index (κ2) is 5.19. The summed E-state index contributed by atoms with van der Waals surface area (Å²) in [5.41, 5.74) is 1.45. The van der Waals surface area contributed by atoms with Crippen LogP contribution in [0.2, 0.25) is 0 Å². The van der Waals surface area contributed by atoms with E-state index >= 15 is 0 Å². The van der Waals surface area contributed by atoms with E-state index in [-0.39, 0.29) is 0 Å². The van der Waals surface area contributed by atoms with Crippen molar-refractivity contribution >= 4 is 0 Å². The molecule has 0 bridgehead atoms. The van der Waals surface area contributed by atoms with E-state index in [2.05, 4.69) is 4.98 Å². The van der Waals surface area contributed by atoms with Crippen LogP contribution >= 0.6 is 0 Å². The molecular weight excluding hydrogens is 228 g/mol. The summed E-state index contributed by atoms with van der Waals surface area (Å²) in [6.45, 7) is 1.98. The van der Waals surface area contributed by atoms with Crippen molar-refractivity contribution < 1.29 is 9.47 Å². The van der Waals surface area contributed by atoms with Gasteiger partial charge in [-0.3, -0.25) is 0 Å². The van der Waals surface area contributed by atoms with Gasteiger partial charge in [-0.2, -0.15) is 5.26 Å². The fraction of sp³-hybridized carbons (Fsp3) is 0.143. The SMILES string of the molecule is COc1cc(C)ccc1Oc1ccc(C#N)nc1. The summed E-state index contributed by atoms with van der Waals surface area (Å²) in [4.78, 5) is 3.94. The molecule has 0 aliphatic heterocycles. The molecule has 0 spiro atoms. The van der Waals surface area contributed by atoms with E-state index in [1.807, 2.05) is 31.2 Å². The molecule has 0 N–H and O–H groups in total. The Hall–Kier alpha value is -2.54. The number of ether oxygens (including phenoxy) is 2. The van der Waals surface area contributed by atoms with Crippen molar-refractivity contribution in [3.63, 3.8) is 0 Å². The van der Waals surface area contributed by atoms with Crippen LogP contribution in [0.15, 0.2) is 36.5 Å². The minimum Gasteiger partial charge on any atom is -0.493 e. The Morgan fingerprint density at radius 1 is 1.17 bits per heavy atom. The van der Waals surface area contributed by atoms with Crippen molar-refractivity contribution in [2.24, 2.45) is 0 Å². The lowest BCUT2D eigenvalue weighted by Crippen LogP contribution is -1.92. The fourth-order valence-corrected chi connectivity index (χ4v) is 1.49. The number of benzene rings is 1. The Morgan fingerprint density at radius 2 is 2.00 bits per heavy atom. The Labute approximate surface area is 105 Å². The first-order chi connectivity index (χ1) is 8.72. The molecule has 2 rings (SSSR count). The smallest absolute Gasteiger partial charge is 0.169 e. The van der Waals surface area contributed by atoms with Gasteiger partial charge in [0.25, 0.3) is 0 Å². The van der Waals surface area contributed by atoms with Crippen LogP contribution in [0.4, 0.5) is 0 Å². The maximum atomic E-state index is 8.66. The van der Waals surface area contributed by atoms with Gasteiger partial charge < -0.3 is 9.47 Å². The molecular formula is C14H12N2O2. The summed E-state index contributed by atoms with van der Waals surface area (Å²) in [5, 5.41) is 8.66. The lowest BCUT2D eigenvalue weighted by Gasteiger charge is -2.10. The number of aromatic nitrogens is 1. The van der Waals surface area contributed by atoms with Crippen LogP contribution in [0.5, 0.6) is 17.2 Å². The first-order valence-corrected chi connectivity index (χ1v) is 5.41. The molecule has 0 aliphatic rings. The van der Waals surface area contributed by atoms with Crippen LogP contribution in [0.25, 0.3) is 0 Å². The highest BCUT2D eigenvalue weighted by Gasteiger charge is 2.06. The van der Waals surface area contributed by atoms with Gasteiger partial charge in [0.05, 0.1) is 13.3 Å². The number of nitriles is 1. The second-order valence-electron chi connectivity index (χ2n) is 3.75. The van der Waals surface area contributed by atoms with Crippen LogP contribution in [0.3, 0.4) is 0 Å². The minimum absolute atomic E-state index is 0.359. The second-order valence-corrected chi connectivity index (χ2v) is 3.75. The zero-order chi connectivity index (χ0) is 13.0. The molecule has 0 amide bonds. The molecule has 1 aromatic carbocycles. The summed E-state index contributed by atoms with van der Waals surface area (Å²) in [7, 11) is 1.60. The van der Waals surface area contributed by atoms with Gasteiger partial charge in [-0.25, -0.2) is 4.98 Å². The molecule has 0 unspecified atom stereocenters. The van der Waals surface area contributed by atoms with E-state index < -0.39 is 0 Å². The average molecular weight is 240 g/mol. The first kappa shape index (κ1) is 11.9. The van der Waals surface area contributed by atoms with Gasteiger partial charge in [0.15, 0.2) is 11.5 Å². The summed E-state index contributed by atoms with van der Waals surface area (Å²) >= 11 is 0. The summed E-state index contributed by atoms with van der Waals surface area (Å²) in [5.74, 6) is 1.85.